The molecule has 9 heteroatoms. The van der Waals surface area contributed by atoms with E-state index in [0.29, 0.717) is 29.6 Å². The Balaban J connectivity index is 1.75. The van der Waals surface area contributed by atoms with Gasteiger partial charge >= 0.3 is 5.97 Å². The summed E-state index contributed by atoms with van der Waals surface area (Å²) in [5, 5.41) is 7.13. The van der Waals surface area contributed by atoms with Crippen molar-refractivity contribution < 1.29 is 13.9 Å². The molecule has 0 aliphatic heterocycles. The molecule has 0 aliphatic carbocycles. The third kappa shape index (κ3) is 2.98. The van der Waals surface area contributed by atoms with Crippen molar-refractivity contribution in [3.05, 3.63) is 48.4 Å². The molecule has 0 aromatic carbocycles. The number of nitrogen functional groups attached to an aromatic ring is 1. The lowest BCUT2D eigenvalue weighted by molar-refractivity contribution is 0.0563. The van der Waals surface area contributed by atoms with E-state index in [9.17, 15) is 4.79 Å². The average molecular weight is 314 g/mol. The van der Waals surface area contributed by atoms with Crippen LogP contribution < -0.4 is 11.1 Å². The minimum atomic E-state index is -0.529. The van der Waals surface area contributed by atoms with E-state index in [1.54, 1.807) is 35.3 Å². The summed E-state index contributed by atoms with van der Waals surface area (Å²) in [6, 6.07) is 4.98. The lowest BCUT2D eigenvalue weighted by Crippen LogP contribution is -2.09. The van der Waals surface area contributed by atoms with Gasteiger partial charge in [0.05, 0.1) is 13.7 Å². The fraction of sp³-hybridized carbons (Fsp3) is 0.143. The molecule has 0 bridgehead atoms. The summed E-state index contributed by atoms with van der Waals surface area (Å²) in [6.07, 6.45) is 4.75. The molecule has 0 atom stereocenters. The van der Waals surface area contributed by atoms with Gasteiger partial charge in [0.15, 0.2) is 11.6 Å². The SMILES string of the molecule is COC(=O)c1ccc(CNc2ncnc(-n3cccn3)c2N)o1. The van der Waals surface area contributed by atoms with Crippen LogP contribution in [0.5, 0.6) is 0 Å². The molecular weight excluding hydrogens is 300 g/mol. The number of rotatable bonds is 5. The summed E-state index contributed by atoms with van der Waals surface area (Å²) in [5.74, 6) is 1.07. The molecule has 0 spiro atoms. The largest absolute Gasteiger partial charge is 0.463 e. The maximum absolute atomic E-state index is 11.3. The van der Waals surface area contributed by atoms with Crippen molar-refractivity contribution in [1.82, 2.24) is 19.7 Å². The minimum Gasteiger partial charge on any atom is -0.463 e. The van der Waals surface area contributed by atoms with Gasteiger partial charge in [0, 0.05) is 12.4 Å². The van der Waals surface area contributed by atoms with Gasteiger partial charge in [0.1, 0.15) is 17.8 Å². The molecule has 0 fully saturated rings. The monoisotopic (exact) mass is 314 g/mol. The summed E-state index contributed by atoms with van der Waals surface area (Å²) in [7, 11) is 1.29. The highest BCUT2D eigenvalue weighted by atomic mass is 16.5. The first kappa shape index (κ1) is 14.6. The van der Waals surface area contributed by atoms with E-state index in [1.165, 1.54) is 13.4 Å². The minimum absolute atomic E-state index is 0.136. The third-order valence-corrected chi connectivity index (χ3v) is 3.06. The van der Waals surface area contributed by atoms with Crippen LogP contribution in [0, 0.1) is 0 Å². The van der Waals surface area contributed by atoms with E-state index in [1.807, 2.05) is 0 Å². The molecular formula is C14H14N6O3. The number of methoxy groups -OCH3 is 1. The molecule has 0 aliphatic rings. The number of carbonyl (C=O) groups is 1. The second kappa shape index (κ2) is 6.18. The predicted molar refractivity (Wildman–Crippen MR) is 80.9 cm³/mol. The summed E-state index contributed by atoms with van der Waals surface area (Å²) in [4.78, 5) is 19.6. The van der Waals surface area contributed by atoms with Gasteiger partial charge in [-0.2, -0.15) is 5.10 Å². The van der Waals surface area contributed by atoms with Crippen molar-refractivity contribution in [1.29, 1.82) is 0 Å². The van der Waals surface area contributed by atoms with Crippen LogP contribution >= 0.6 is 0 Å². The molecule has 0 saturated heterocycles. The number of esters is 1. The normalized spacial score (nSPS) is 10.5. The zero-order valence-electron chi connectivity index (χ0n) is 12.3. The Hall–Kier alpha value is -3.36. The molecule has 118 valence electrons. The van der Waals surface area contributed by atoms with Gasteiger partial charge in [-0.3, -0.25) is 0 Å². The van der Waals surface area contributed by atoms with Crippen molar-refractivity contribution in [3.8, 4) is 5.82 Å². The average Bonchev–Trinajstić information content (AvgIpc) is 3.25. The van der Waals surface area contributed by atoms with Crippen LogP contribution in [-0.4, -0.2) is 32.8 Å². The van der Waals surface area contributed by atoms with Gasteiger partial charge < -0.3 is 20.2 Å². The molecule has 3 rings (SSSR count). The molecule has 0 saturated carbocycles. The highest BCUT2D eigenvalue weighted by molar-refractivity contribution is 5.86. The van der Waals surface area contributed by atoms with Crippen molar-refractivity contribution in [2.45, 2.75) is 6.54 Å². The first-order chi connectivity index (χ1) is 11.2. The molecule has 3 N–H and O–H groups in total. The van der Waals surface area contributed by atoms with E-state index < -0.39 is 5.97 Å². The number of nitrogens with zero attached hydrogens (tertiary/aromatic N) is 4. The van der Waals surface area contributed by atoms with Gasteiger partial charge in [0.25, 0.3) is 0 Å². The van der Waals surface area contributed by atoms with Gasteiger partial charge in [-0.15, -0.1) is 0 Å². The summed E-state index contributed by atoms with van der Waals surface area (Å²) < 4.78 is 11.5. The quantitative estimate of drug-likeness (QED) is 0.675. The number of ether oxygens (including phenoxy) is 1. The van der Waals surface area contributed by atoms with Gasteiger partial charge in [-0.1, -0.05) is 0 Å². The first-order valence-corrected chi connectivity index (χ1v) is 6.70. The van der Waals surface area contributed by atoms with Gasteiger partial charge in [-0.25, -0.2) is 19.4 Å². The Morgan fingerprint density at radius 2 is 2.30 bits per heavy atom. The van der Waals surface area contributed by atoms with Gasteiger partial charge in [-0.05, 0) is 18.2 Å². The number of aromatic nitrogens is 4. The number of carbonyl (C=O) groups excluding carboxylic acids is 1. The Kier molecular flexibility index (Phi) is 3.91. The molecule has 3 heterocycles. The van der Waals surface area contributed by atoms with Crippen molar-refractivity contribution in [2.24, 2.45) is 0 Å². The Bertz CT molecular complexity index is 812. The first-order valence-electron chi connectivity index (χ1n) is 6.70. The predicted octanol–water partition coefficient (Wildman–Crippen LogP) is 1.24. The maximum atomic E-state index is 11.3. The number of anilines is 2. The smallest absolute Gasteiger partial charge is 0.373 e. The van der Waals surface area contributed by atoms with Gasteiger partial charge in [0.2, 0.25) is 5.76 Å². The number of nitrogens with two attached hydrogens (primary N) is 1. The van der Waals surface area contributed by atoms with Crippen LogP contribution in [0.4, 0.5) is 11.5 Å². The third-order valence-electron chi connectivity index (χ3n) is 3.06. The standard InChI is InChI=1S/C14H14N6O3/c1-22-14(21)10-4-3-9(23-10)7-16-12-11(15)13(18-8-17-12)20-6-2-5-19-20/h2-6,8H,7,15H2,1H3,(H,16,17,18). The van der Waals surface area contributed by atoms with Crippen LogP contribution in [0.3, 0.4) is 0 Å². The molecule has 23 heavy (non-hydrogen) atoms. The van der Waals surface area contributed by atoms with Crippen molar-refractivity contribution in [3.63, 3.8) is 0 Å². The van der Waals surface area contributed by atoms with Crippen LogP contribution in [0.25, 0.3) is 5.82 Å². The van der Waals surface area contributed by atoms with Crippen LogP contribution in [0.1, 0.15) is 16.3 Å². The van der Waals surface area contributed by atoms with E-state index >= 15 is 0 Å². The fourth-order valence-corrected chi connectivity index (χ4v) is 1.96. The number of hydrogen-bond acceptors (Lipinski definition) is 8. The Morgan fingerprint density at radius 1 is 1.43 bits per heavy atom. The molecule has 0 unspecified atom stereocenters. The van der Waals surface area contributed by atoms with E-state index in [2.05, 4.69) is 25.1 Å². The lowest BCUT2D eigenvalue weighted by atomic mass is 10.4. The summed E-state index contributed by atoms with van der Waals surface area (Å²) in [6.45, 7) is 0.302. The zero-order chi connectivity index (χ0) is 16.2. The highest BCUT2D eigenvalue weighted by Gasteiger charge is 2.13. The number of furan rings is 1. The maximum Gasteiger partial charge on any atom is 0.373 e. The van der Waals surface area contributed by atoms with Crippen LogP contribution in [0.15, 0.2) is 41.3 Å². The number of hydrogen-bond donors (Lipinski definition) is 2. The molecule has 3 aromatic rings. The fourth-order valence-electron chi connectivity index (χ4n) is 1.96. The Morgan fingerprint density at radius 3 is 3.04 bits per heavy atom. The lowest BCUT2D eigenvalue weighted by Gasteiger charge is -2.10. The summed E-state index contributed by atoms with van der Waals surface area (Å²) >= 11 is 0. The molecule has 9 nitrogen and oxygen atoms in total. The van der Waals surface area contributed by atoms with E-state index in [4.69, 9.17) is 10.2 Å². The van der Waals surface area contributed by atoms with Crippen LogP contribution in [-0.2, 0) is 11.3 Å². The molecule has 3 aromatic heterocycles. The summed E-state index contributed by atoms with van der Waals surface area (Å²) in [5.41, 5.74) is 6.42. The van der Waals surface area contributed by atoms with Crippen molar-refractivity contribution >= 4 is 17.5 Å². The molecule has 0 amide bonds. The highest BCUT2D eigenvalue weighted by Crippen LogP contribution is 2.21. The second-order valence-corrected chi connectivity index (χ2v) is 4.52. The zero-order valence-corrected chi connectivity index (χ0v) is 12.3. The molecule has 0 radical (unpaired) electrons. The van der Waals surface area contributed by atoms with Crippen molar-refractivity contribution in [2.75, 3.05) is 18.2 Å². The Labute approximate surface area is 131 Å². The van der Waals surface area contributed by atoms with Crippen LogP contribution in [0.2, 0.25) is 0 Å². The van der Waals surface area contributed by atoms with E-state index in [-0.39, 0.29) is 5.76 Å². The topological polar surface area (TPSA) is 121 Å². The second-order valence-electron chi connectivity index (χ2n) is 4.52. The number of nitrogens with one attached hydrogen (secondary N) is 1. The van der Waals surface area contributed by atoms with E-state index in [0.717, 1.165) is 0 Å².